The molecule has 0 spiro atoms. The molecule has 0 unspecified atom stereocenters. The fourth-order valence-electron chi connectivity index (χ4n) is 5.13. The normalized spacial score (nSPS) is 11.9. The summed E-state index contributed by atoms with van der Waals surface area (Å²) in [5.41, 5.74) is 6.26. The Kier molecular flexibility index (Phi) is 9.01. The van der Waals surface area contributed by atoms with Gasteiger partial charge in [0.2, 0.25) is 0 Å². The average molecular weight is 603 g/mol. The van der Waals surface area contributed by atoms with Crippen LogP contribution >= 0.6 is 14.3 Å². The van der Waals surface area contributed by atoms with Crippen molar-refractivity contribution in [1.29, 1.82) is 0 Å². The maximum atomic E-state index is 15.0. The van der Waals surface area contributed by atoms with Crippen molar-refractivity contribution < 1.29 is 9.13 Å². The average Bonchev–Trinajstić information content (AvgIpc) is 3.01. The Morgan fingerprint density at radius 1 is 0.500 bits per heavy atom. The van der Waals surface area contributed by atoms with Gasteiger partial charge < -0.3 is 9.13 Å². The summed E-state index contributed by atoms with van der Waals surface area (Å²) in [6.07, 6.45) is 0.717. The first-order chi connectivity index (χ1) is 20.2. The van der Waals surface area contributed by atoms with Crippen molar-refractivity contribution in [2.24, 2.45) is 0 Å². The fraction of sp³-hybridized carbons (Fsp3) is 0.135. The quantitative estimate of drug-likeness (QED) is 0.103. The molecule has 0 amide bonds. The third kappa shape index (κ3) is 7.03. The predicted octanol–water partition coefficient (Wildman–Crippen LogP) is 7.94. The van der Waals surface area contributed by atoms with Crippen LogP contribution in [-0.2, 0) is 21.5 Å². The van der Waals surface area contributed by atoms with E-state index in [0.29, 0.717) is 12.3 Å². The van der Waals surface area contributed by atoms with Crippen LogP contribution in [0.25, 0.3) is 0 Å². The lowest BCUT2D eigenvalue weighted by atomic mass is 10.1. The van der Waals surface area contributed by atoms with Gasteiger partial charge in [0.05, 0.1) is 0 Å². The smallest absolute Gasteiger partial charge is 0.147 e. The van der Waals surface area contributed by atoms with E-state index in [1.54, 1.807) is 0 Å². The standard InChI is InChI=1S/C37H36O2P2Si/c1-42(2,3)25-24-31-26-32(29-40(38,34-16-8-4-9-17-34)35-18-10-5-11-19-35)28-33(27-31)30-41(39,36-20-12-6-13-21-36)37-22-14-7-15-23-37/h4-23,26-28H,29-30H2,1-3H3. The van der Waals surface area contributed by atoms with Crippen molar-refractivity contribution >= 4 is 43.6 Å². The zero-order chi connectivity index (χ0) is 29.6. The molecule has 5 rings (SSSR count). The van der Waals surface area contributed by atoms with Gasteiger partial charge in [0.15, 0.2) is 0 Å². The van der Waals surface area contributed by atoms with Crippen molar-refractivity contribution in [3.63, 3.8) is 0 Å². The van der Waals surface area contributed by atoms with Crippen molar-refractivity contribution in [1.82, 2.24) is 0 Å². The molecule has 0 heterocycles. The Balaban J connectivity index is 1.65. The molecule has 0 aromatic heterocycles. The van der Waals surface area contributed by atoms with Crippen LogP contribution in [0.3, 0.4) is 0 Å². The topological polar surface area (TPSA) is 34.1 Å². The first-order valence-electron chi connectivity index (χ1n) is 14.2. The van der Waals surface area contributed by atoms with E-state index in [-0.39, 0.29) is 0 Å². The molecule has 5 aromatic rings. The minimum Gasteiger partial charge on any atom is -0.313 e. The summed E-state index contributed by atoms with van der Waals surface area (Å²) >= 11 is 0. The van der Waals surface area contributed by atoms with E-state index in [4.69, 9.17) is 0 Å². The maximum absolute atomic E-state index is 15.0. The minimum absolute atomic E-state index is 0.359. The molecule has 0 bridgehead atoms. The molecule has 0 fully saturated rings. The lowest BCUT2D eigenvalue weighted by Crippen LogP contribution is -2.18. The highest BCUT2D eigenvalue weighted by Gasteiger charge is 2.30. The molecule has 2 nitrogen and oxygen atoms in total. The largest absolute Gasteiger partial charge is 0.313 e. The lowest BCUT2D eigenvalue weighted by Gasteiger charge is -2.22. The maximum Gasteiger partial charge on any atom is 0.147 e. The molecule has 210 valence electrons. The molecule has 0 atom stereocenters. The van der Waals surface area contributed by atoms with E-state index in [1.165, 1.54) is 0 Å². The molecule has 0 N–H and O–H groups in total. The Morgan fingerprint density at radius 3 is 1.10 bits per heavy atom. The number of rotatable bonds is 8. The highest BCUT2D eigenvalue weighted by molar-refractivity contribution is 7.78. The van der Waals surface area contributed by atoms with Gasteiger partial charge >= 0.3 is 0 Å². The zero-order valence-corrected chi connectivity index (χ0v) is 27.2. The zero-order valence-electron chi connectivity index (χ0n) is 24.4. The van der Waals surface area contributed by atoms with Crippen LogP contribution in [0.15, 0.2) is 140 Å². The number of benzene rings is 5. The molecule has 5 aromatic carbocycles. The second-order valence-corrected chi connectivity index (χ2v) is 22.1. The molecule has 42 heavy (non-hydrogen) atoms. The van der Waals surface area contributed by atoms with E-state index < -0.39 is 22.4 Å². The van der Waals surface area contributed by atoms with E-state index in [0.717, 1.165) is 37.9 Å². The molecule has 0 saturated heterocycles. The van der Waals surface area contributed by atoms with Crippen molar-refractivity contribution in [2.45, 2.75) is 32.0 Å². The van der Waals surface area contributed by atoms with E-state index >= 15 is 0 Å². The Hall–Kier alpha value is -3.66. The number of hydrogen-bond donors (Lipinski definition) is 0. The van der Waals surface area contributed by atoms with Gasteiger partial charge in [-0.1, -0.05) is 153 Å². The molecular weight excluding hydrogens is 566 g/mol. The molecule has 5 heteroatoms. The summed E-state index contributed by atoms with van der Waals surface area (Å²) in [4.78, 5) is 0. The van der Waals surface area contributed by atoms with Crippen LogP contribution in [0.2, 0.25) is 19.6 Å². The van der Waals surface area contributed by atoms with Gasteiger partial charge in [-0.3, -0.25) is 0 Å². The number of hydrogen-bond acceptors (Lipinski definition) is 2. The molecule has 0 aliphatic rings. The van der Waals surface area contributed by atoms with Crippen LogP contribution in [-0.4, -0.2) is 8.07 Å². The van der Waals surface area contributed by atoms with Gasteiger partial charge in [0.25, 0.3) is 0 Å². The van der Waals surface area contributed by atoms with Gasteiger partial charge in [-0.15, -0.1) is 5.54 Å². The Morgan fingerprint density at radius 2 is 0.810 bits per heavy atom. The van der Waals surface area contributed by atoms with Crippen molar-refractivity contribution in [3.8, 4) is 11.5 Å². The predicted molar refractivity (Wildman–Crippen MR) is 184 cm³/mol. The fourth-order valence-corrected chi connectivity index (χ4v) is 11.0. The lowest BCUT2D eigenvalue weighted by molar-refractivity contribution is 0.586. The summed E-state index contributed by atoms with van der Waals surface area (Å²) in [5.74, 6) is 3.43. The first kappa shape index (κ1) is 29.8. The summed E-state index contributed by atoms with van der Waals surface area (Å²) in [6.45, 7) is 6.67. The highest BCUT2D eigenvalue weighted by Crippen LogP contribution is 2.49. The summed E-state index contributed by atoms with van der Waals surface area (Å²) in [5, 5.41) is 3.32. The molecule has 0 aliphatic heterocycles. The molecule has 0 saturated carbocycles. The first-order valence-corrected chi connectivity index (χ1v) is 21.5. The molecule has 0 aliphatic carbocycles. The third-order valence-electron chi connectivity index (χ3n) is 7.14. The van der Waals surface area contributed by atoms with Gasteiger partial charge in [-0.05, 0) is 23.3 Å². The van der Waals surface area contributed by atoms with Crippen LogP contribution in [0.4, 0.5) is 0 Å². The van der Waals surface area contributed by atoms with Crippen molar-refractivity contribution in [3.05, 3.63) is 156 Å². The van der Waals surface area contributed by atoms with E-state index in [1.807, 2.05) is 121 Å². The highest BCUT2D eigenvalue weighted by atomic mass is 31.2. The van der Waals surface area contributed by atoms with Crippen molar-refractivity contribution in [2.75, 3.05) is 0 Å². The van der Waals surface area contributed by atoms with Crippen LogP contribution in [0.1, 0.15) is 16.7 Å². The minimum atomic E-state index is -3.01. The molecular formula is C37H36O2P2Si. The second-order valence-electron chi connectivity index (χ2n) is 11.7. The summed E-state index contributed by atoms with van der Waals surface area (Å²) < 4.78 is 29.9. The van der Waals surface area contributed by atoms with Crippen LogP contribution in [0.5, 0.6) is 0 Å². The van der Waals surface area contributed by atoms with Gasteiger partial charge in [-0.2, -0.15) is 0 Å². The monoisotopic (exact) mass is 602 g/mol. The van der Waals surface area contributed by atoms with Gasteiger partial charge in [-0.25, -0.2) is 0 Å². The van der Waals surface area contributed by atoms with Gasteiger partial charge in [0, 0.05) is 39.1 Å². The van der Waals surface area contributed by atoms with E-state index in [2.05, 4.69) is 49.3 Å². The second kappa shape index (κ2) is 12.7. The van der Waals surface area contributed by atoms with Crippen LogP contribution in [0, 0.1) is 11.5 Å². The SMILES string of the molecule is C[Si](C)(C)C#Cc1cc(CP(=O)(c2ccccc2)c2ccccc2)cc(CP(=O)(c2ccccc2)c2ccccc2)c1. The summed E-state index contributed by atoms with van der Waals surface area (Å²) in [6, 6.07) is 45.3. The third-order valence-corrected chi connectivity index (χ3v) is 14.2. The van der Waals surface area contributed by atoms with Gasteiger partial charge in [0.1, 0.15) is 22.4 Å². The Labute approximate surface area is 251 Å². The molecule has 0 radical (unpaired) electrons. The van der Waals surface area contributed by atoms with E-state index in [9.17, 15) is 9.13 Å². The van der Waals surface area contributed by atoms with Crippen LogP contribution < -0.4 is 21.2 Å². The summed E-state index contributed by atoms with van der Waals surface area (Å²) in [7, 11) is -7.68. The Bertz CT molecular complexity index is 1600.